The number of nitrogens with zero attached hydrogens (tertiary/aromatic N) is 1. The summed E-state index contributed by atoms with van der Waals surface area (Å²) < 4.78 is 26.2. The summed E-state index contributed by atoms with van der Waals surface area (Å²) in [4.78, 5) is 13.5. The van der Waals surface area contributed by atoms with E-state index in [1.54, 1.807) is 18.2 Å². The van der Waals surface area contributed by atoms with Crippen molar-refractivity contribution in [2.75, 3.05) is 0 Å². The molecule has 1 heterocycles. The zero-order chi connectivity index (χ0) is 15.2. The fourth-order valence-electron chi connectivity index (χ4n) is 2.01. The Bertz CT molecular complexity index is 1000. The van der Waals surface area contributed by atoms with Gasteiger partial charge >= 0.3 is 5.69 Å². The SMILES string of the molecule is O=c1[nH]c(O)cn1S(=O)(=O)c1ccc2cc(Br)ccc2c1. The molecule has 6 nitrogen and oxygen atoms in total. The quantitative estimate of drug-likeness (QED) is 0.723. The minimum Gasteiger partial charge on any atom is -0.493 e. The predicted octanol–water partition coefficient (Wildman–Crippen LogP) is 2.03. The van der Waals surface area contributed by atoms with Crippen LogP contribution in [-0.2, 0) is 10.0 Å². The molecule has 0 bridgehead atoms. The highest BCUT2D eigenvalue weighted by molar-refractivity contribution is 9.10. The summed E-state index contributed by atoms with van der Waals surface area (Å²) in [7, 11) is -4.05. The number of rotatable bonds is 2. The number of benzene rings is 2. The molecule has 21 heavy (non-hydrogen) atoms. The van der Waals surface area contributed by atoms with Crippen molar-refractivity contribution in [2.24, 2.45) is 0 Å². The van der Waals surface area contributed by atoms with Crippen LogP contribution in [0.2, 0.25) is 0 Å². The van der Waals surface area contributed by atoms with Gasteiger partial charge < -0.3 is 5.11 Å². The third-order valence-electron chi connectivity index (χ3n) is 3.01. The third kappa shape index (κ3) is 2.36. The van der Waals surface area contributed by atoms with Gasteiger partial charge in [0.1, 0.15) is 0 Å². The molecule has 2 aromatic carbocycles. The second kappa shape index (κ2) is 4.74. The Hall–Kier alpha value is -2.06. The van der Waals surface area contributed by atoms with Crippen LogP contribution in [-0.4, -0.2) is 22.5 Å². The number of aromatic hydroxyl groups is 1. The van der Waals surface area contributed by atoms with Crippen LogP contribution < -0.4 is 5.69 Å². The van der Waals surface area contributed by atoms with Gasteiger partial charge in [0, 0.05) is 4.47 Å². The maximum atomic E-state index is 12.4. The van der Waals surface area contributed by atoms with Crippen molar-refractivity contribution >= 4 is 36.7 Å². The molecule has 0 atom stereocenters. The summed E-state index contributed by atoms with van der Waals surface area (Å²) in [5, 5.41) is 10.8. The number of hydrogen-bond acceptors (Lipinski definition) is 4. The topological polar surface area (TPSA) is 92.2 Å². The zero-order valence-electron chi connectivity index (χ0n) is 10.4. The normalized spacial score (nSPS) is 11.9. The second-order valence-corrected chi connectivity index (χ2v) is 7.13. The molecule has 0 unspecified atom stereocenters. The van der Waals surface area contributed by atoms with Gasteiger partial charge in [0.2, 0.25) is 5.88 Å². The highest BCUT2D eigenvalue weighted by atomic mass is 79.9. The van der Waals surface area contributed by atoms with Crippen molar-refractivity contribution < 1.29 is 13.5 Å². The molecular weight excluding hydrogens is 360 g/mol. The van der Waals surface area contributed by atoms with Crippen LogP contribution in [0.4, 0.5) is 0 Å². The van der Waals surface area contributed by atoms with Crippen LogP contribution in [0.5, 0.6) is 5.88 Å². The monoisotopic (exact) mass is 368 g/mol. The molecule has 0 fully saturated rings. The van der Waals surface area contributed by atoms with Gasteiger partial charge in [-0.2, -0.15) is 3.97 Å². The second-order valence-electron chi connectivity index (χ2n) is 4.40. The lowest BCUT2D eigenvalue weighted by Gasteiger charge is -2.06. The molecule has 2 N–H and O–H groups in total. The fraction of sp³-hybridized carbons (Fsp3) is 0. The minimum absolute atomic E-state index is 0.0292. The standard InChI is InChI=1S/C13H9BrN2O4S/c14-10-3-1-9-6-11(4-2-8(9)5-10)21(19,20)16-7-12(17)15-13(16)18/h1-7,17H,(H,15,18). The Morgan fingerprint density at radius 1 is 1.10 bits per heavy atom. The predicted molar refractivity (Wildman–Crippen MR) is 80.9 cm³/mol. The highest BCUT2D eigenvalue weighted by Gasteiger charge is 2.20. The molecule has 0 saturated heterocycles. The van der Waals surface area contributed by atoms with Crippen molar-refractivity contribution in [1.82, 2.24) is 8.96 Å². The van der Waals surface area contributed by atoms with Crippen LogP contribution >= 0.6 is 15.9 Å². The Morgan fingerprint density at radius 3 is 2.43 bits per heavy atom. The largest absolute Gasteiger partial charge is 0.493 e. The van der Waals surface area contributed by atoms with Gasteiger partial charge in [0.25, 0.3) is 10.0 Å². The van der Waals surface area contributed by atoms with E-state index in [9.17, 15) is 18.3 Å². The smallest absolute Gasteiger partial charge is 0.342 e. The molecule has 3 aromatic rings. The number of nitrogens with one attached hydrogen (secondary N) is 1. The Kier molecular flexibility index (Phi) is 3.14. The molecule has 0 amide bonds. The summed E-state index contributed by atoms with van der Waals surface area (Å²) in [6.07, 6.45) is 0.837. The molecule has 0 aliphatic carbocycles. The summed E-state index contributed by atoms with van der Waals surface area (Å²) in [6, 6.07) is 9.99. The van der Waals surface area contributed by atoms with Gasteiger partial charge in [-0.15, -0.1) is 0 Å². The van der Waals surface area contributed by atoms with Crippen LogP contribution in [0.1, 0.15) is 0 Å². The summed E-state index contributed by atoms with van der Waals surface area (Å²) in [6.45, 7) is 0. The Balaban J connectivity index is 2.22. The average molecular weight is 369 g/mol. The molecule has 1 aromatic heterocycles. The van der Waals surface area contributed by atoms with Gasteiger partial charge in [-0.25, -0.2) is 13.2 Å². The van der Waals surface area contributed by atoms with Gasteiger partial charge in [-0.1, -0.05) is 28.1 Å². The van der Waals surface area contributed by atoms with Gasteiger partial charge in [-0.3, -0.25) is 4.98 Å². The van der Waals surface area contributed by atoms with E-state index in [4.69, 9.17) is 0 Å². The van der Waals surface area contributed by atoms with E-state index in [0.29, 0.717) is 3.97 Å². The molecule has 108 valence electrons. The fourth-order valence-corrected chi connectivity index (χ4v) is 3.64. The van der Waals surface area contributed by atoms with Gasteiger partial charge in [-0.05, 0) is 35.0 Å². The number of hydrogen-bond donors (Lipinski definition) is 2. The number of aromatic amines is 1. The van der Waals surface area contributed by atoms with Crippen molar-refractivity contribution in [1.29, 1.82) is 0 Å². The summed E-state index contributed by atoms with van der Waals surface area (Å²) >= 11 is 3.34. The van der Waals surface area contributed by atoms with Crippen molar-refractivity contribution in [3.05, 3.63) is 57.6 Å². The van der Waals surface area contributed by atoms with E-state index in [0.717, 1.165) is 21.4 Å². The summed E-state index contributed by atoms with van der Waals surface area (Å²) in [5.41, 5.74) is -0.914. The number of H-pyrrole nitrogens is 1. The first-order valence-electron chi connectivity index (χ1n) is 5.83. The average Bonchev–Trinajstić information content (AvgIpc) is 2.77. The lowest BCUT2D eigenvalue weighted by atomic mass is 10.1. The maximum absolute atomic E-state index is 12.4. The molecule has 3 rings (SSSR count). The van der Waals surface area contributed by atoms with Crippen LogP contribution in [0.15, 0.2) is 56.8 Å². The first-order chi connectivity index (χ1) is 9.88. The van der Waals surface area contributed by atoms with Crippen LogP contribution in [0, 0.1) is 0 Å². The highest BCUT2D eigenvalue weighted by Crippen LogP contribution is 2.23. The molecule has 8 heteroatoms. The number of imidazole rings is 1. The van der Waals surface area contributed by atoms with E-state index >= 15 is 0 Å². The Morgan fingerprint density at radius 2 is 1.76 bits per heavy atom. The first kappa shape index (κ1) is 13.9. The molecule has 0 aliphatic rings. The van der Waals surface area contributed by atoms with E-state index < -0.39 is 21.6 Å². The van der Waals surface area contributed by atoms with Crippen molar-refractivity contribution in [3.8, 4) is 5.88 Å². The van der Waals surface area contributed by atoms with E-state index in [1.165, 1.54) is 12.1 Å². The molecule has 0 radical (unpaired) electrons. The van der Waals surface area contributed by atoms with Crippen LogP contribution in [0.25, 0.3) is 10.8 Å². The maximum Gasteiger partial charge on any atom is 0.342 e. The Labute approximate surface area is 127 Å². The van der Waals surface area contributed by atoms with Gasteiger partial charge in [0.15, 0.2) is 0 Å². The van der Waals surface area contributed by atoms with Crippen LogP contribution in [0.3, 0.4) is 0 Å². The van der Waals surface area contributed by atoms with Crippen molar-refractivity contribution in [2.45, 2.75) is 4.90 Å². The van der Waals surface area contributed by atoms with E-state index in [2.05, 4.69) is 15.9 Å². The number of halogens is 1. The van der Waals surface area contributed by atoms with E-state index in [-0.39, 0.29) is 4.90 Å². The van der Waals surface area contributed by atoms with Gasteiger partial charge in [0.05, 0.1) is 11.1 Å². The zero-order valence-corrected chi connectivity index (χ0v) is 12.8. The van der Waals surface area contributed by atoms with Crippen molar-refractivity contribution in [3.63, 3.8) is 0 Å². The molecule has 0 aliphatic heterocycles. The molecular formula is C13H9BrN2O4S. The number of aromatic nitrogens is 2. The number of fused-ring (bicyclic) bond motifs is 1. The first-order valence-corrected chi connectivity index (χ1v) is 8.07. The summed E-state index contributed by atoms with van der Waals surface area (Å²) in [5.74, 6) is -0.506. The third-order valence-corrected chi connectivity index (χ3v) is 5.14. The lowest BCUT2D eigenvalue weighted by molar-refractivity contribution is 0.455. The molecule has 0 spiro atoms. The molecule has 0 saturated carbocycles. The minimum atomic E-state index is -4.05. The van der Waals surface area contributed by atoms with E-state index in [1.807, 2.05) is 11.1 Å². The lowest BCUT2D eigenvalue weighted by Crippen LogP contribution is -2.24.